The fourth-order valence-corrected chi connectivity index (χ4v) is 4.03. The van der Waals surface area contributed by atoms with E-state index in [9.17, 15) is 13.2 Å². The summed E-state index contributed by atoms with van der Waals surface area (Å²) in [6.07, 6.45) is -0.359. The molecule has 0 bridgehead atoms. The highest BCUT2D eigenvalue weighted by Gasteiger charge is 2.33. The van der Waals surface area contributed by atoms with Crippen molar-refractivity contribution in [2.24, 2.45) is 0 Å². The molecule has 0 radical (unpaired) electrons. The molecule has 1 amide bonds. The highest BCUT2D eigenvalue weighted by atomic mass is 32.2. The number of aryl methyl sites for hydroxylation is 1. The van der Waals surface area contributed by atoms with Gasteiger partial charge in [0, 0.05) is 6.54 Å². The third-order valence-corrected chi connectivity index (χ3v) is 6.12. The van der Waals surface area contributed by atoms with Gasteiger partial charge in [-0.15, -0.1) is 0 Å². The van der Waals surface area contributed by atoms with Crippen molar-refractivity contribution in [2.75, 3.05) is 6.54 Å². The Morgan fingerprint density at radius 2 is 1.61 bits per heavy atom. The molecule has 0 saturated carbocycles. The number of benzene rings is 2. The molecule has 0 N–H and O–H groups in total. The molecule has 6 heteroatoms. The van der Waals surface area contributed by atoms with Gasteiger partial charge in [0.2, 0.25) is 0 Å². The van der Waals surface area contributed by atoms with Crippen LogP contribution in [0.25, 0.3) is 0 Å². The topological polar surface area (TPSA) is 63.7 Å². The molecule has 1 unspecified atom stereocenters. The first-order chi connectivity index (χ1) is 13.0. The minimum Gasteiger partial charge on any atom is -0.443 e. The van der Waals surface area contributed by atoms with E-state index >= 15 is 0 Å². The smallest absolute Gasteiger partial charge is 0.424 e. The predicted molar refractivity (Wildman–Crippen MR) is 111 cm³/mol. The summed E-state index contributed by atoms with van der Waals surface area (Å²) < 4.78 is 32.5. The van der Waals surface area contributed by atoms with Crippen LogP contribution in [0.3, 0.4) is 0 Å². The van der Waals surface area contributed by atoms with Gasteiger partial charge in [0.05, 0.1) is 4.90 Å². The Morgan fingerprint density at radius 1 is 1.04 bits per heavy atom. The molecule has 0 aliphatic heterocycles. The number of hydrogen-bond acceptors (Lipinski definition) is 4. The summed E-state index contributed by atoms with van der Waals surface area (Å²) >= 11 is 0. The fourth-order valence-electron chi connectivity index (χ4n) is 2.72. The van der Waals surface area contributed by atoms with Crippen LogP contribution in [0.15, 0.2) is 59.5 Å². The predicted octanol–water partition coefficient (Wildman–Crippen LogP) is 5.11. The first-order valence-electron chi connectivity index (χ1n) is 9.38. The van der Waals surface area contributed by atoms with Crippen molar-refractivity contribution in [1.82, 2.24) is 4.31 Å². The number of amides is 1. The largest absolute Gasteiger partial charge is 0.443 e. The number of rotatable bonds is 6. The van der Waals surface area contributed by atoms with Crippen LogP contribution in [-0.4, -0.2) is 31.0 Å². The Labute approximate surface area is 168 Å². The van der Waals surface area contributed by atoms with Crippen molar-refractivity contribution in [3.05, 3.63) is 65.7 Å². The number of carbonyl (C=O) groups is 1. The lowest BCUT2D eigenvalue weighted by atomic mass is 9.98. The average molecular weight is 404 g/mol. The Balaban J connectivity index is 2.28. The van der Waals surface area contributed by atoms with Crippen LogP contribution in [0, 0.1) is 6.92 Å². The number of hydrogen-bond donors (Lipinski definition) is 0. The molecule has 152 valence electrons. The third kappa shape index (κ3) is 5.83. The van der Waals surface area contributed by atoms with Crippen molar-refractivity contribution in [1.29, 1.82) is 0 Å². The molecule has 0 saturated heterocycles. The molecule has 5 nitrogen and oxygen atoms in total. The molecule has 2 aromatic rings. The first kappa shape index (κ1) is 22.0. The van der Waals surface area contributed by atoms with Gasteiger partial charge in [-0.05, 0) is 57.7 Å². The Bertz CT molecular complexity index is 884. The van der Waals surface area contributed by atoms with Gasteiger partial charge in [0.15, 0.2) is 0 Å². The molecule has 2 rings (SSSR count). The van der Waals surface area contributed by atoms with E-state index in [1.165, 1.54) is 12.1 Å². The van der Waals surface area contributed by atoms with Crippen LogP contribution in [0.1, 0.15) is 51.2 Å². The summed E-state index contributed by atoms with van der Waals surface area (Å²) in [6, 6.07) is 16.3. The quantitative estimate of drug-likeness (QED) is 0.672. The molecule has 0 aromatic heterocycles. The summed E-state index contributed by atoms with van der Waals surface area (Å²) in [4.78, 5) is 12.8. The van der Waals surface area contributed by atoms with Crippen LogP contribution in [0.5, 0.6) is 0 Å². The summed E-state index contributed by atoms with van der Waals surface area (Å²) in [5.41, 5.74) is 1.25. The maximum absolute atomic E-state index is 13.1. The van der Waals surface area contributed by atoms with Crippen molar-refractivity contribution < 1.29 is 17.9 Å². The zero-order valence-electron chi connectivity index (χ0n) is 17.2. The number of carbonyl (C=O) groups excluding carboxylic acids is 1. The van der Waals surface area contributed by atoms with Crippen molar-refractivity contribution in [3.63, 3.8) is 0 Å². The minimum atomic E-state index is -4.01. The maximum Gasteiger partial charge on any atom is 0.424 e. The molecule has 1 atom stereocenters. The van der Waals surface area contributed by atoms with Crippen LogP contribution in [0.2, 0.25) is 0 Å². The summed E-state index contributed by atoms with van der Waals surface area (Å²) in [5, 5.41) is 0. The molecule has 0 aliphatic rings. The normalized spacial score (nSPS) is 13.0. The van der Waals surface area contributed by atoms with Gasteiger partial charge >= 0.3 is 6.09 Å². The molecule has 28 heavy (non-hydrogen) atoms. The van der Waals surface area contributed by atoms with E-state index in [0.717, 1.165) is 15.4 Å². The lowest BCUT2D eigenvalue weighted by molar-refractivity contribution is 0.0388. The van der Waals surface area contributed by atoms with Crippen LogP contribution in [0.4, 0.5) is 4.79 Å². The van der Waals surface area contributed by atoms with E-state index in [1.807, 2.05) is 44.2 Å². The van der Waals surface area contributed by atoms with E-state index < -0.39 is 21.7 Å². The van der Waals surface area contributed by atoms with E-state index in [2.05, 4.69) is 0 Å². The van der Waals surface area contributed by atoms with Gasteiger partial charge in [0.1, 0.15) is 5.60 Å². The van der Waals surface area contributed by atoms with Gasteiger partial charge in [-0.3, -0.25) is 0 Å². The Morgan fingerprint density at radius 3 is 2.14 bits per heavy atom. The highest BCUT2D eigenvalue weighted by molar-refractivity contribution is 7.89. The van der Waals surface area contributed by atoms with E-state index in [-0.39, 0.29) is 17.4 Å². The second-order valence-corrected chi connectivity index (χ2v) is 9.83. The molecule has 0 spiro atoms. The van der Waals surface area contributed by atoms with Crippen LogP contribution < -0.4 is 0 Å². The lowest BCUT2D eigenvalue weighted by Crippen LogP contribution is -2.41. The van der Waals surface area contributed by atoms with Gasteiger partial charge in [-0.1, -0.05) is 55.0 Å². The Hall–Kier alpha value is -2.34. The average Bonchev–Trinajstić information content (AvgIpc) is 2.61. The van der Waals surface area contributed by atoms with Gasteiger partial charge < -0.3 is 4.74 Å². The highest BCUT2D eigenvalue weighted by Crippen LogP contribution is 2.24. The second kappa shape index (κ2) is 8.78. The zero-order valence-corrected chi connectivity index (χ0v) is 18.0. The standard InChI is InChI=1S/C22H29NO4S/c1-17-11-13-20(14-12-17)28(25,26)23(21(24)27-22(3,4)5)16-15-18(2)19-9-7-6-8-10-19/h6-14,18H,15-16H2,1-5H3. The zero-order chi connectivity index (χ0) is 20.9. The van der Waals surface area contributed by atoms with Crippen LogP contribution >= 0.6 is 0 Å². The van der Waals surface area contributed by atoms with E-state index in [0.29, 0.717) is 6.42 Å². The lowest BCUT2D eigenvalue weighted by Gasteiger charge is -2.28. The first-order valence-corrected chi connectivity index (χ1v) is 10.8. The Kier molecular flexibility index (Phi) is 6.88. The number of sulfonamides is 1. The maximum atomic E-state index is 13.1. The molecule has 2 aromatic carbocycles. The van der Waals surface area contributed by atoms with E-state index in [1.54, 1.807) is 32.9 Å². The van der Waals surface area contributed by atoms with Gasteiger partial charge in [0.25, 0.3) is 10.0 Å². The third-order valence-electron chi connectivity index (χ3n) is 4.34. The van der Waals surface area contributed by atoms with Crippen LogP contribution in [-0.2, 0) is 14.8 Å². The summed E-state index contributed by atoms with van der Waals surface area (Å²) in [7, 11) is -4.01. The molecular weight excluding hydrogens is 374 g/mol. The molecular formula is C22H29NO4S. The molecule has 0 fully saturated rings. The number of ether oxygens (including phenoxy) is 1. The summed E-state index contributed by atoms with van der Waals surface area (Å²) in [5.74, 6) is 0.0966. The SMILES string of the molecule is Cc1ccc(S(=O)(=O)N(CCC(C)c2ccccc2)C(=O)OC(C)(C)C)cc1. The van der Waals surface area contributed by atoms with Gasteiger partial charge in [-0.2, -0.15) is 0 Å². The van der Waals surface area contributed by atoms with Crippen molar-refractivity contribution in [2.45, 2.75) is 57.5 Å². The molecule has 0 heterocycles. The minimum absolute atomic E-state index is 0.0428. The number of nitrogens with zero attached hydrogens (tertiary/aromatic N) is 1. The second-order valence-electron chi connectivity index (χ2n) is 7.97. The van der Waals surface area contributed by atoms with E-state index in [4.69, 9.17) is 4.74 Å². The summed E-state index contributed by atoms with van der Waals surface area (Å²) in [6.45, 7) is 9.09. The monoisotopic (exact) mass is 403 g/mol. The van der Waals surface area contributed by atoms with Gasteiger partial charge in [-0.25, -0.2) is 17.5 Å². The molecule has 0 aliphatic carbocycles. The fraction of sp³-hybridized carbons (Fsp3) is 0.409. The van der Waals surface area contributed by atoms with Crippen molar-refractivity contribution >= 4 is 16.1 Å². The van der Waals surface area contributed by atoms with Crippen molar-refractivity contribution in [3.8, 4) is 0 Å².